The maximum Gasteiger partial charge on any atom is 0.256 e. The lowest BCUT2D eigenvalue weighted by atomic mass is 10.0. The van der Waals surface area contributed by atoms with Crippen molar-refractivity contribution in [2.45, 2.75) is 32.4 Å². The first-order valence-corrected chi connectivity index (χ1v) is 8.29. The van der Waals surface area contributed by atoms with Crippen molar-refractivity contribution in [2.75, 3.05) is 6.54 Å². The van der Waals surface area contributed by atoms with E-state index in [1.54, 1.807) is 17.9 Å². The van der Waals surface area contributed by atoms with Crippen molar-refractivity contribution in [1.29, 1.82) is 0 Å². The Kier molecular flexibility index (Phi) is 3.63. The topological polar surface area (TPSA) is 95.2 Å². The summed E-state index contributed by atoms with van der Waals surface area (Å²) in [5.74, 6) is 0.370. The number of aryl methyl sites for hydroxylation is 1. The molecule has 25 heavy (non-hydrogen) atoms. The van der Waals surface area contributed by atoms with Crippen LogP contribution in [0.25, 0.3) is 0 Å². The van der Waals surface area contributed by atoms with Gasteiger partial charge in [-0.15, -0.1) is 0 Å². The Hall–Kier alpha value is -2.96. The molecule has 0 saturated heterocycles. The van der Waals surface area contributed by atoms with Gasteiger partial charge in [0.25, 0.3) is 11.5 Å². The van der Waals surface area contributed by atoms with Gasteiger partial charge in [-0.3, -0.25) is 14.4 Å². The van der Waals surface area contributed by atoms with Crippen molar-refractivity contribution < 1.29 is 9.59 Å². The number of nitrogens with one attached hydrogen (secondary N) is 2. The highest BCUT2D eigenvalue weighted by molar-refractivity contribution is 5.99. The largest absolute Gasteiger partial charge is 0.345 e. The molecule has 2 amide bonds. The number of hydrogen-bond acceptors (Lipinski definition) is 4. The number of amides is 2. The van der Waals surface area contributed by atoms with Crippen molar-refractivity contribution in [3.8, 4) is 0 Å². The third kappa shape index (κ3) is 2.71. The second kappa shape index (κ2) is 5.84. The normalized spacial score (nSPS) is 18.5. The van der Waals surface area contributed by atoms with Gasteiger partial charge in [0.1, 0.15) is 5.82 Å². The summed E-state index contributed by atoms with van der Waals surface area (Å²) in [6.45, 7) is 2.54. The minimum Gasteiger partial charge on any atom is -0.345 e. The molecule has 0 spiro atoms. The Bertz CT molecular complexity index is 934. The number of rotatable bonds is 2. The standard InChI is InChI=1S/C18H18N4O3/c1-10-19-14-6-7-22(9-13(14)18(25)20-10)16(23)8-15-11-4-2-3-5-12(11)17(24)21-15/h2-5,15H,6-9H2,1H3,(H,21,24)(H,19,20,25). The first-order chi connectivity index (χ1) is 12.0. The quantitative estimate of drug-likeness (QED) is 0.848. The van der Waals surface area contributed by atoms with E-state index in [0.717, 1.165) is 11.3 Å². The average molecular weight is 338 g/mol. The van der Waals surface area contributed by atoms with Crippen LogP contribution in [0.1, 0.15) is 45.5 Å². The van der Waals surface area contributed by atoms with Crippen LogP contribution >= 0.6 is 0 Å². The van der Waals surface area contributed by atoms with Gasteiger partial charge < -0.3 is 15.2 Å². The number of nitrogens with zero attached hydrogens (tertiary/aromatic N) is 2. The summed E-state index contributed by atoms with van der Waals surface area (Å²) in [7, 11) is 0. The lowest BCUT2D eigenvalue weighted by Gasteiger charge is -2.28. The molecule has 1 aromatic carbocycles. The monoisotopic (exact) mass is 338 g/mol. The summed E-state index contributed by atoms with van der Waals surface area (Å²) < 4.78 is 0. The zero-order chi connectivity index (χ0) is 17.6. The van der Waals surface area contributed by atoms with Crippen molar-refractivity contribution in [2.24, 2.45) is 0 Å². The minimum atomic E-state index is -0.313. The summed E-state index contributed by atoms with van der Waals surface area (Å²) in [6.07, 6.45) is 0.759. The van der Waals surface area contributed by atoms with E-state index in [1.807, 2.05) is 18.2 Å². The van der Waals surface area contributed by atoms with Gasteiger partial charge in [0, 0.05) is 18.5 Å². The average Bonchev–Trinajstić information content (AvgIpc) is 2.91. The number of carbonyl (C=O) groups excluding carboxylic acids is 2. The summed E-state index contributed by atoms with van der Waals surface area (Å²) in [5.41, 5.74) is 2.62. The molecule has 0 saturated carbocycles. The molecule has 128 valence electrons. The highest BCUT2D eigenvalue weighted by atomic mass is 16.2. The molecule has 1 aromatic heterocycles. The van der Waals surface area contributed by atoms with Gasteiger partial charge in [-0.2, -0.15) is 0 Å². The Morgan fingerprint density at radius 3 is 2.96 bits per heavy atom. The Morgan fingerprint density at radius 1 is 1.32 bits per heavy atom. The van der Waals surface area contributed by atoms with E-state index in [1.165, 1.54) is 0 Å². The fraction of sp³-hybridized carbons (Fsp3) is 0.333. The third-order valence-corrected chi connectivity index (χ3v) is 4.80. The molecule has 2 aliphatic rings. The molecule has 3 heterocycles. The first-order valence-electron chi connectivity index (χ1n) is 8.29. The second-order valence-electron chi connectivity index (χ2n) is 6.46. The first kappa shape index (κ1) is 15.6. The predicted molar refractivity (Wildman–Crippen MR) is 90.0 cm³/mol. The van der Waals surface area contributed by atoms with E-state index in [9.17, 15) is 14.4 Å². The van der Waals surface area contributed by atoms with E-state index in [0.29, 0.717) is 29.9 Å². The minimum absolute atomic E-state index is 0.0763. The van der Waals surface area contributed by atoms with Crippen molar-refractivity contribution in [3.05, 3.63) is 62.8 Å². The number of benzene rings is 1. The lowest BCUT2D eigenvalue weighted by Crippen LogP contribution is -2.40. The fourth-order valence-corrected chi connectivity index (χ4v) is 3.55. The number of aromatic nitrogens is 2. The SMILES string of the molecule is Cc1nc2c(c(=O)[nH]1)CN(C(=O)CC1NC(=O)c3ccccc31)CC2. The highest BCUT2D eigenvalue weighted by Crippen LogP contribution is 2.28. The predicted octanol–water partition coefficient (Wildman–Crippen LogP) is 0.838. The van der Waals surface area contributed by atoms with Crippen LogP contribution in [-0.2, 0) is 17.8 Å². The van der Waals surface area contributed by atoms with Crippen LogP contribution in [0.5, 0.6) is 0 Å². The molecule has 0 fully saturated rings. The number of carbonyl (C=O) groups is 2. The number of aromatic amines is 1. The molecule has 2 N–H and O–H groups in total. The van der Waals surface area contributed by atoms with Crippen molar-refractivity contribution in [1.82, 2.24) is 20.2 Å². The molecule has 0 radical (unpaired) electrons. The van der Waals surface area contributed by atoms with Crippen LogP contribution in [0.3, 0.4) is 0 Å². The molecule has 0 aliphatic carbocycles. The number of H-pyrrole nitrogens is 1. The van der Waals surface area contributed by atoms with Crippen LogP contribution in [0.4, 0.5) is 0 Å². The van der Waals surface area contributed by atoms with Gasteiger partial charge >= 0.3 is 0 Å². The third-order valence-electron chi connectivity index (χ3n) is 4.80. The highest BCUT2D eigenvalue weighted by Gasteiger charge is 2.32. The fourth-order valence-electron chi connectivity index (χ4n) is 3.55. The van der Waals surface area contributed by atoms with Gasteiger partial charge in [0.15, 0.2) is 0 Å². The van der Waals surface area contributed by atoms with Crippen LogP contribution < -0.4 is 10.9 Å². The molecular formula is C18H18N4O3. The van der Waals surface area contributed by atoms with E-state index in [2.05, 4.69) is 15.3 Å². The molecule has 1 unspecified atom stereocenters. The molecule has 0 bridgehead atoms. The smallest absolute Gasteiger partial charge is 0.256 e. The van der Waals surface area contributed by atoms with Gasteiger partial charge in [-0.05, 0) is 18.6 Å². The lowest BCUT2D eigenvalue weighted by molar-refractivity contribution is -0.132. The Morgan fingerprint density at radius 2 is 2.12 bits per heavy atom. The molecule has 7 nitrogen and oxygen atoms in total. The van der Waals surface area contributed by atoms with E-state index in [-0.39, 0.29) is 36.4 Å². The Balaban J connectivity index is 1.52. The number of hydrogen-bond donors (Lipinski definition) is 2. The van der Waals surface area contributed by atoms with Gasteiger partial charge in [-0.25, -0.2) is 4.98 Å². The van der Waals surface area contributed by atoms with Gasteiger partial charge in [0.2, 0.25) is 5.91 Å². The molecular weight excluding hydrogens is 320 g/mol. The maximum absolute atomic E-state index is 12.7. The second-order valence-corrected chi connectivity index (χ2v) is 6.46. The molecule has 2 aliphatic heterocycles. The maximum atomic E-state index is 12.7. The van der Waals surface area contributed by atoms with Crippen LogP contribution in [-0.4, -0.2) is 33.2 Å². The van der Waals surface area contributed by atoms with E-state index >= 15 is 0 Å². The molecule has 4 rings (SSSR count). The molecule has 2 aromatic rings. The van der Waals surface area contributed by atoms with Crippen LogP contribution in [0.15, 0.2) is 29.1 Å². The van der Waals surface area contributed by atoms with Crippen molar-refractivity contribution >= 4 is 11.8 Å². The molecule has 7 heteroatoms. The zero-order valence-electron chi connectivity index (χ0n) is 13.8. The molecule has 1 atom stereocenters. The zero-order valence-corrected chi connectivity index (χ0v) is 13.8. The van der Waals surface area contributed by atoms with Crippen LogP contribution in [0.2, 0.25) is 0 Å². The summed E-state index contributed by atoms with van der Waals surface area (Å²) in [4.78, 5) is 45.5. The summed E-state index contributed by atoms with van der Waals surface area (Å²) in [6, 6.07) is 6.99. The van der Waals surface area contributed by atoms with E-state index < -0.39 is 0 Å². The van der Waals surface area contributed by atoms with Crippen molar-refractivity contribution in [3.63, 3.8) is 0 Å². The Labute approximate surface area is 144 Å². The van der Waals surface area contributed by atoms with Gasteiger partial charge in [0.05, 0.1) is 30.3 Å². The van der Waals surface area contributed by atoms with E-state index in [4.69, 9.17) is 0 Å². The van der Waals surface area contributed by atoms with Crippen LogP contribution in [0, 0.1) is 6.92 Å². The number of fused-ring (bicyclic) bond motifs is 2. The summed E-state index contributed by atoms with van der Waals surface area (Å²) >= 11 is 0. The summed E-state index contributed by atoms with van der Waals surface area (Å²) in [5, 5.41) is 2.86. The van der Waals surface area contributed by atoms with Gasteiger partial charge in [-0.1, -0.05) is 18.2 Å².